The Labute approximate surface area is 175 Å². The van der Waals surface area contributed by atoms with Crippen molar-refractivity contribution in [1.29, 1.82) is 0 Å². The van der Waals surface area contributed by atoms with Crippen molar-refractivity contribution in [2.45, 2.75) is 71.9 Å². The lowest BCUT2D eigenvalue weighted by Gasteiger charge is -2.37. The van der Waals surface area contributed by atoms with E-state index < -0.39 is 0 Å². The first-order valence-corrected chi connectivity index (χ1v) is 9.87. The number of halogens is 1. The minimum atomic E-state index is -0.265. The van der Waals surface area contributed by atoms with E-state index in [0.717, 1.165) is 51.3 Å². The van der Waals surface area contributed by atoms with Crippen LogP contribution in [0.3, 0.4) is 0 Å². The van der Waals surface area contributed by atoms with E-state index in [9.17, 15) is 9.90 Å². The van der Waals surface area contributed by atoms with Crippen molar-refractivity contribution < 1.29 is 9.90 Å². The van der Waals surface area contributed by atoms with Gasteiger partial charge in [0.25, 0.3) is 0 Å². The fourth-order valence-corrected chi connectivity index (χ4v) is 3.78. The maximum absolute atomic E-state index is 12.1. The number of aliphatic imine (C=N–C) groups is 1. The SMILES string of the molecule is CCNC(=NCC1(C)CCCCC1O)NC1CCN(C(=O)C(C)C)C1.I. The number of nitrogens with zero attached hydrogens (tertiary/aromatic N) is 2. The summed E-state index contributed by atoms with van der Waals surface area (Å²) in [7, 11) is 0. The molecule has 26 heavy (non-hydrogen) atoms. The molecule has 1 aliphatic heterocycles. The van der Waals surface area contributed by atoms with Gasteiger partial charge in [-0.1, -0.05) is 33.6 Å². The topological polar surface area (TPSA) is 77.0 Å². The first-order valence-electron chi connectivity index (χ1n) is 9.87. The first-order chi connectivity index (χ1) is 11.9. The Kier molecular flexibility index (Phi) is 9.64. The Morgan fingerprint density at radius 3 is 2.69 bits per heavy atom. The van der Waals surface area contributed by atoms with Gasteiger partial charge in [-0.25, -0.2) is 0 Å². The Hall–Kier alpha value is -0.570. The van der Waals surface area contributed by atoms with Gasteiger partial charge in [-0.05, 0) is 26.2 Å². The quantitative estimate of drug-likeness (QED) is 0.321. The molecule has 2 aliphatic rings. The molecule has 0 aromatic heterocycles. The maximum Gasteiger partial charge on any atom is 0.225 e. The van der Waals surface area contributed by atoms with Gasteiger partial charge in [0.05, 0.1) is 12.6 Å². The minimum Gasteiger partial charge on any atom is -0.392 e. The largest absolute Gasteiger partial charge is 0.392 e. The zero-order chi connectivity index (χ0) is 18.4. The highest BCUT2D eigenvalue weighted by Gasteiger charge is 2.35. The number of aliphatic hydroxyl groups excluding tert-OH is 1. The van der Waals surface area contributed by atoms with Crippen LogP contribution in [-0.2, 0) is 4.79 Å². The van der Waals surface area contributed by atoms with Gasteiger partial charge in [-0.15, -0.1) is 24.0 Å². The smallest absolute Gasteiger partial charge is 0.225 e. The van der Waals surface area contributed by atoms with Crippen LogP contribution in [0.5, 0.6) is 0 Å². The predicted octanol–water partition coefficient (Wildman–Crippen LogP) is 2.36. The van der Waals surface area contributed by atoms with Gasteiger partial charge in [-0.3, -0.25) is 9.79 Å². The number of hydrogen-bond acceptors (Lipinski definition) is 3. The normalized spacial score (nSPS) is 29.5. The number of hydrogen-bond donors (Lipinski definition) is 3. The van der Waals surface area contributed by atoms with Crippen LogP contribution in [0, 0.1) is 11.3 Å². The van der Waals surface area contributed by atoms with E-state index in [4.69, 9.17) is 4.99 Å². The molecule has 1 saturated carbocycles. The lowest BCUT2D eigenvalue weighted by Crippen LogP contribution is -2.46. The number of rotatable bonds is 5. The van der Waals surface area contributed by atoms with Crippen LogP contribution in [0.2, 0.25) is 0 Å². The molecule has 2 rings (SSSR count). The fraction of sp³-hybridized carbons (Fsp3) is 0.895. The molecule has 7 heteroatoms. The summed E-state index contributed by atoms with van der Waals surface area (Å²) in [6, 6.07) is 0.240. The second-order valence-corrected chi connectivity index (χ2v) is 8.18. The molecular weight excluding hydrogens is 443 g/mol. The molecule has 1 heterocycles. The van der Waals surface area contributed by atoms with Crippen LogP contribution in [-0.4, -0.2) is 60.2 Å². The van der Waals surface area contributed by atoms with Crippen LogP contribution in [0.1, 0.15) is 59.8 Å². The Morgan fingerprint density at radius 2 is 2.08 bits per heavy atom. The molecule has 0 spiro atoms. The molecule has 1 saturated heterocycles. The second-order valence-electron chi connectivity index (χ2n) is 8.18. The van der Waals surface area contributed by atoms with Gasteiger partial charge in [0.2, 0.25) is 5.91 Å². The Balaban J connectivity index is 0.00000338. The van der Waals surface area contributed by atoms with E-state index in [-0.39, 0.29) is 53.4 Å². The summed E-state index contributed by atoms with van der Waals surface area (Å²) in [6.45, 7) is 11.1. The molecule has 2 fully saturated rings. The van der Waals surface area contributed by atoms with E-state index in [1.807, 2.05) is 18.7 Å². The molecule has 3 atom stereocenters. The number of amides is 1. The number of nitrogens with one attached hydrogen (secondary N) is 2. The third-order valence-electron chi connectivity index (χ3n) is 5.56. The summed E-state index contributed by atoms with van der Waals surface area (Å²) in [5.74, 6) is 1.07. The third kappa shape index (κ3) is 6.25. The molecule has 0 aromatic carbocycles. The standard InChI is InChI=1S/C19H36N4O2.HI/c1-5-20-18(21-13-19(4)10-7-6-8-16(19)24)22-15-9-11-23(12-15)17(25)14(2)3;/h14-16,24H,5-13H2,1-4H3,(H2,20,21,22);1H. The van der Waals surface area contributed by atoms with Crippen LogP contribution >= 0.6 is 24.0 Å². The van der Waals surface area contributed by atoms with Crippen LogP contribution < -0.4 is 10.6 Å². The highest BCUT2D eigenvalue weighted by Crippen LogP contribution is 2.36. The molecule has 6 nitrogen and oxygen atoms in total. The Morgan fingerprint density at radius 1 is 1.35 bits per heavy atom. The summed E-state index contributed by atoms with van der Waals surface area (Å²) >= 11 is 0. The lowest BCUT2D eigenvalue weighted by molar-refractivity contribution is -0.133. The predicted molar refractivity (Wildman–Crippen MR) is 117 cm³/mol. The van der Waals surface area contributed by atoms with Gasteiger partial charge in [0, 0.05) is 37.0 Å². The van der Waals surface area contributed by atoms with Crippen molar-refractivity contribution in [3.8, 4) is 0 Å². The van der Waals surface area contributed by atoms with Crippen molar-refractivity contribution in [3.05, 3.63) is 0 Å². The Bertz CT molecular complexity index is 486. The van der Waals surface area contributed by atoms with E-state index in [1.54, 1.807) is 0 Å². The highest BCUT2D eigenvalue weighted by atomic mass is 127. The van der Waals surface area contributed by atoms with Crippen molar-refractivity contribution >= 4 is 35.8 Å². The third-order valence-corrected chi connectivity index (χ3v) is 5.56. The van der Waals surface area contributed by atoms with Gasteiger partial charge in [-0.2, -0.15) is 0 Å². The number of guanidine groups is 1. The molecular formula is C19H37IN4O2. The van der Waals surface area contributed by atoms with E-state index in [2.05, 4.69) is 24.5 Å². The van der Waals surface area contributed by atoms with Gasteiger partial charge in [0.15, 0.2) is 5.96 Å². The van der Waals surface area contributed by atoms with Gasteiger partial charge >= 0.3 is 0 Å². The summed E-state index contributed by atoms with van der Waals surface area (Å²) in [6.07, 6.45) is 4.87. The molecule has 152 valence electrons. The van der Waals surface area contributed by atoms with Gasteiger partial charge in [0.1, 0.15) is 0 Å². The van der Waals surface area contributed by atoms with Gasteiger partial charge < -0.3 is 20.6 Å². The molecule has 3 unspecified atom stereocenters. The molecule has 0 aromatic rings. The van der Waals surface area contributed by atoms with Crippen molar-refractivity contribution in [1.82, 2.24) is 15.5 Å². The molecule has 1 amide bonds. The van der Waals surface area contributed by atoms with Crippen LogP contribution in [0.15, 0.2) is 4.99 Å². The highest BCUT2D eigenvalue weighted by molar-refractivity contribution is 14.0. The summed E-state index contributed by atoms with van der Waals surface area (Å²) in [5, 5.41) is 17.1. The molecule has 1 aliphatic carbocycles. The first kappa shape index (κ1) is 23.5. The fourth-order valence-electron chi connectivity index (χ4n) is 3.78. The van der Waals surface area contributed by atoms with Crippen molar-refractivity contribution in [3.63, 3.8) is 0 Å². The second kappa shape index (κ2) is 10.7. The van der Waals surface area contributed by atoms with E-state index in [1.165, 1.54) is 6.42 Å². The van der Waals surface area contributed by atoms with Crippen molar-refractivity contribution in [2.24, 2.45) is 16.3 Å². The number of likely N-dealkylation sites (tertiary alicyclic amines) is 1. The lowest BCUT2D eigenvalue weighted by atomic mass is 9.73. The van der Waals surface area contributed by atoms with E-state index >= 15 is 0 Å². The van der Waals surface area contributed by atoms with Crippen LogP contribution in [0.4, 0.5) is 0 Å². The molecule has 0 radical (unpaired) electrons. The average Bonchev–Trinajstić information content (AvgIpc) is 3.03. The molecule has 0 bridgehead atoms. The van der Waals surface area contributed by atoms with Crippen molar-refractivity contribution in [2.75, 3.05) is 26.2 Å². The number of aliphatic hydroxyl groups is 1. The number of carbonyl (C=O) groups is 1. The zero-order valence-electron chi connectivity index (χ0n) is 16.8. The maximum atomic E-state index is 12.1. The summed E-state index contributed by atoms with van der Waals surface area (Å²) in [5.41, 5.74) is -0.129. The minimum absolute atomic E-state index is 0. The van der Waals surface area contributed by atoms with Crippen LogP contribution in [0.25, 0.3) is 0 Å². The summed E-state index contributed by atoms with van der Waals surface area (Å²) in [4.78, 5) is 18.8. The monoisotopic (exact) mass is 480 g/mol. The zero-order valence-corrected chi connectivity index (χ0v) is 19.1. The summed E-state index contributed by atoms with van der Waals surface area (Å²) < 4.78 is 0. The molecule has 3 N–H and O–H groups in total. The number of carbonyl (C=O) groups excluding carboxylic acids is 1. The average molecular weight is 480 g/mol. The van der Waals surface area contributed by atoms with E-state index in [0.29, 0.717) is 6.54 Å².